The molecule has 0 atom stereocenters. The van der Waals surface area contributed by atoms with E-state index in [9.17, 15) is 9.59 Å². The molecular formula is C23H23NO4. The maximum atomic E-state index is 12.2. The lowest BCUT2D eigenvalue weighted by Gasteiger charge is -2.05. The molecule has 0 fully saturated rings. The number of hydrogen-bond donors (Lipinski definition) is 0. The van der Waals surface area contributed by atoms with Crippen LogP contribution < -0.4 is 4.74 Å². The zero-order valence-corrected chi connectivity index (χ0v) is 16.3. The highest BCUT2D eigenvalue weighted by Gasteiger charge is 2.24. The van der Waals surface area contributed by atoms with Gasteiger partial charge in [0.25, 0.3) is 0 Å². The molecule has 0 unspecified atom stereocenters. The number of benzene rings is 2. The molecule has 5 heteroatoms. The Balaban J connectivity index is 1.80. The number of nitrogens with zero attached hydrogens (tertiary/aromatic N) is 1. The van der Waals surface area contributed by atoms with Crippen LogP contribution in [0.1, 0.15) is 56.2 Å². The second kappa shape index (κ2) is 8.65. The Morgan fingerprint density at radius 1 is 1.18 bits per heavy atom. The van der Waals surface area contributed by atoms with Gasteiger partial charge in [0.05, 0.1) is 0 Å². The zero-order valence-electron chi connectivity index (χ0n) is 16.3. The maximum absolute atomic E-state index is 12.2. The molecule has 1 heterocycles. The van der Waals surface area contributed by atoms with Crippen LogP contribution in [0.4, 0.5) is 0 Å². The molecule has 28 heavy (non-hydrogen) atoms. The van der Waals surface area contributed by atoms with Crippen molar-refractivity contribution >= 4 is 23.9 Å². The normalized spacial score (nSPS) is 14.9. The molecule has 0 saturated carbocycles. The highest BCUT2D eigenvalue weighted by molar-refractivity contribution is 6.12. The van der Waals surface area contributed by atoms with Crippen molar-refractivity contribution in [2.24, 2.45) is 4.99 Å². The van der Waals surface area contributed by atoms with Crippen LogP contribution in [0.25, 0.3) is 6.08 Å². The third-order valence-corrected chi connectivity index (χ3v) is 4.29. The fourth-order valence-corrected chi connectivity index (χ4v) is 2.76. The van der Waals surface area contributed by atoms with E-state index in [1.807, 2.05) is 37.3 Å². The third-order valence-electron chi connectivity index (χ3n) is 4.29. The predicted octanol–water partition coefficient (Wildman–Crippen LogP) is 4.86. The van der Waals surface area contributed by atoms with Gasteiger partial charge in [-0.15, -0.1) is 0 Å². The number of rotatable bonds is 6. The molecule has 0 amide bonds. The van der Waals surface area contributed by atoms with Gasteiger partial charge in [-0.05, 0) is 53.8 Å². The molecular weight excluding hydrogens is 354 g/mol. The molecule has 5 nitrogen and oxygen atoms in total. The summed E-state index contributed by atoms with van der Waals surface area (Å²) in [6.45, 7) is 6.16. The van der Waals surface area contributed by atoms with Crippen molar-refractivity contribution in [2.75, 3.05) is 0 Å². The summed E-state index contributed by atoms with van der Waals surface area (Å²) in [5, 5.41) is 0. The molecule has 0 saturated heterocycles. The lowest BCUT2D eigenvalue weighted by molar-refractivity contribution is -0.134. The van der Waals surface area contributed by atoms with Gasteiger partial charge in [0.1, 0.15) is 5.75 Å². The van der Waals surface area contributed by atoms with Gasteiger partial charge in [-0.2, -0.15) is 0 Å². The van der Waals surface area contributed by atoms with E-state index in [0.29, 0.717) is 23.7 Å². The van der Waals surface area contributed by atoms with Crippen molar-refractivity contribution in [3.63, 3.8) is 0 Å². The van der Waals surface area contributed by atoms with E-state index in [-0.39, 0.29) is 17.6 Å². The van der Waals surface area contributed by atoms with Crippen LogP contribution in [0.5, 0.6) is 5.75 Å². The molecule has 0 radical (unpaired) electrons. The topological polar surface area (TPSA) is 65.0 Å². The fourth-order valence-electron chi connectivity index (χ4n) is 2.76. The Bertz CT molecular complexity index is 939. The van der Waals surface area contributed by atoms with E-state index in [1.54, 1.807) is 24.3 Å². The highest BCUT2D eigenvalue weighted by atomic mass is 16.6. The van der Waals surface area contributed by atoms with Crippen LogP contribution in [-0.2, 0) is 14.3 Å². The molecule has 2 aromatic carbocycles. The molecule has 0 spiro atoms. The summed E-state index contributed by atoms with van der Waals surface area (Å²) >= 11 is 0. The molecule has 144 valence electrons. The summed E-state index contributed by atoms with van der Waals surface area (Å²) in [4.78, 5) is 28.2. The molecule has 0 aromatic heterocycles. The van der Waals surface area contributed by atoms with Crippen LogP contribution in [0.3, 0.4) is 0 Å². The van der Waals surface area contributed by atoms with Crippen molar-refractivity contribution in [2.45, 2.75) is 39.5 Å². The van der Waals surface area contributed by atoms with Crippen molar-refractivity contribution in [3.05, 3.63) is 70.9 Å². The van der Waals surface area contributed by atoms with Crippen molar-refractivity contribution in [1.29, 1.82) is 0 Å². The minimum Gasteiger partial charge on any atom is -0.427 e. The Morgan fingerprint density at radius 2 is 1.93 bits per heavy atom. The van der Waals surface area contributed by atoms with Crippen LogP contribution in [0.15, 0.2) is 59.2 Å². The summed E-state index contributed by atoms with van der Waals surface area (Å²) in [6.07, 6.45) is 2.71. The lowest BCUT2D eigenvalue weighted by Crippen LogP contribution is -2.06. The number of hydrogen-bond acceptors (Lipinski definition) is 5. The summed E-state index contributed by atoms with van der Waals surface area (Å²) in [7, 11) is 0. The average Bonchev–Trinajstić information content (AvgIpc) is 3.03. The summed E-state index contributed by atoms with van der Waals surface area (Å²) in [5.41, 5.74) is 2.87. The van der Waals surface area contributed by atoms with E-state index < -0.39 is 5.97 Å². The first-order valence-corrected chi connectivity index (χ1v) is 9.40. The third kappa shape index (κ3) is 4.74. The summed E-state index contributed by atoms with van der Waals surface area (Å²) in [5.74, 6) is 0.370. The molecule has 1 aliphatic heterocycles. The van der Waals surface area contributed by atoms with Gasteiger partial charge < -0.3 is 9.47 Å². The monoisotopic (exact) mass is 377 g/mol. The van der Waals surface area contributed by atoms with E-state index >= 15 is 0 Å². The van der Waals surface area contributed by atoms with Crippen LogP contribution in [0.2, 0.25) is 0 Å². The first kappa shape index (κ1) is 19.5. The zero-order chi connectivity index (χ0) is 20.1. The van der Waals surface area contributed by atoms with E-state index in [4.69, 9.17) is 9.47 Å². The van der Waals surface area contributed by atoms with Crippen molar-refractivity contribution in [3.8, 4) is 5.75 Å². The number of cyclic esters (lactones) is 1. The van der Waals surface area contributed by atoms with Gasteiger partial charge in [-0.3, -0.25) is 4.79 Å². The Kier molecular flexibility index (Phi) is 6.04. The molecule has 0 aliphatic carbocycles. The minimum atomic E-state index is -0.503. The SMILES string of the molecule is CCCC(=O)Oc1cccc(/C=C2\N=C(c3ccc(C(C)C)cc3)OC2=O)c1. The predicted molar refractivity (Wildman–Crippen MR) is 108 cm³/mol. The number of aliphatic imine (C=N–C) groups is 1. The molecule has 3 rings (SSSR count). The van der Waals surface area contributed by atoms with E-state index in [2.05, 4.69) is 18.8 Å². The number of carbonyl (C=O) groups excluding carboxylic acids is 2. The Hall–Kier alpha value is -3.21. The number of ether oxygens (including phenoxy) is 2. The molecule has 2 aromatic rings. The van der Waals surface area contributed by atoms with Crippen molar-refractivity contribution < 1.29 is 19.1 Å². The Labute approximate surface area is 164 Å². The minimum absolute atomic E-state index is 0.208. The fraction of sp³-hybridized carbons (Fsp3) is 0.261. The van der Waals surface area contributed by atoms with E-state index in [0.717, 1.165) is 12.0 Å². The highest BCUT2D eigenvalue weighted by Crippen LogP contribution is 2.23. The molecule has 0 bridgehead atoms. The second-order valence-corrected chi connectivity index (χ2v) is 6.91. The van der Waals surface area contributed by atoms with Gasteiger partial charge in [-0.25, -0.2) is 9.79 Å². The lowest BCUT2D eigenvalue weighted by atomic mass is 10.0. The largest absolute Gasteiger partial charge is 0.427 e. The first-order valence-electron chi connectivity index (χ1n) is 9.40. The molecule has 1 aliphatic rings. The standard InChI is InChI=1S/C23H23NO4/c1-4-6-21(25)27-19-8-5-7-16(13-19)14-20-23(26)28-22(24-20)18-11-9-17(10-12-18)15(2)3/h5,7-15H,4,6H2,1-3H3/b20-14-. The van der Waals surface area contributed by atoms with Gasteiger partial charge in [-0.1, -0.05) is 45.0 Å². The van der Waals surface area contributed by atoms with Gasteiger partial charge in [0, 0.05) is 12.0 Å². The van der Waals surface area contributed by atoms with Crippen LogP contribution in [-0.4, -0.2) is 17.8 Å². The van der Waals surface area contributed by atoms with Gasteiger partial charge in [0.2, 0.25) is 5.90 Å². The average molecular weight is 377 g/mol. The van der Waals surface area contributed by atoms with Gasteiger partial charge >= 0.3 is 11.9 Å². The summed E-state index contributed by atoms with van der Waals surface area (Å²) < 4.78 is 10.6. The van der Waals surface area contributed by atoms with Crippen LogP contribution >= 0.6 is 0 Å². The maximum Gasteiger partial charge on any atom is 0.363 e. The molecule has 0 N–H and O–H groups in total. The second-order valence-electron chi connectivity index (χ2n) is 6.91. The summed E-state index contributed by atoms with van der Waals surface area (Å²) in [6, 6.07) is 14.8. The first-order chi connectivity index (χ1) is 13.5. The number of esters is 2. The smallest absolute Gasteiger partial charge is 0.363 e. The quantitative estimate of drug-likeness (QED) is 0.410. The van der Waals surface area contributed by atoms with Crippen molar-refractivity contribution in [1.82, 2.24) is 0 Å². The van der Waals surface area contributed by atoms with Crippen LogP contribution in [0, 0.1) is 0 Å². The van der Waals surface area contributed by atoms with Gasteiger partial charge in [0.15, 0.2) is 5.70 Å². The number of carbonyl (C=O) groups is 2. The Morgan fingerprint density at radius 3 is 2.61 bits per heavy atom. The van der Waals surface area contributed by atoms with E-state index in [1.165, 1.54) is 5.56 Å².